The summed E-state index contributed by atoms with van der Waals surface area (Å²) in [5, 5.41) is 15.8. The molecule has 4 aromatic heterocycles. The number of aromatic nitrogens is 7. The number of pyridine rings is 1. The van der Waals surface area contributed by atoms with Gasteiger partial charge in [0.05, 0.1) is 41.6 Å². The molecule has 0 bridgehead atoms. The molecule has 0 aromatic carbocycles. The van der Waals surface area contributed by atoms with Crippen LogP contribution >= 0.6 is 0 Å². The predicted octanol–water partition coefficient (Wildman–Crippen LogP) is 2.73. The molecule has 1 amide bonds. The molecule has 1 N–H and O–H groups in total. The van der Waals surface area contributed by atoms with Gasteiger partial charge in [0.25, 0.3) is 0 Å². The van der Waals surface area contributed by atoms with Crippen molar-refractivity contribution in [2.45, 2.75) is 45.4 Å². The van der Waals surface area contributed by atoms with Crippen molar-refractivity contribution in [2.75, 3.05) is 5.32 Å². The fourth-order valence-corrected chi connectivity index (χ4v) is 4.34. The summed E-state index contributed by atoms with van der Waals surface area (Å²) in [6, 6.07) is 3.83. The third-order valence-electron chi connectivity index (χ3n) is 5.61. The minimum atomic E-state index is -0.302. The molecule has 0 radical (unpaired) electrons. The van der Waals surface area contributed by atoms with Crippen molar-refractivity contribution in [1.29, 1.82) is 0 Å². The first-order chi connectivity index (χ1) is 14.3. The Bertz CT molecular complexity index is 1270. The largest absolute Gasteiger partial charge is 0.324 e. The quantitative estimate of drug-likeness (QED) is 0.565. The fourth-order valence-electron chi connectivity index (χ4n) is 4.34. The van der Waals surface area contributed by atoms with Crippen LogP contribution in [0.3, 0.4) is 0 Å². The van der Waals surface area contributed by atoms with Gasteiger partial charge in [0.15, 0.2) is 11.5 Å². The van der Waals surface area contributed by atoms with Gasteiger partial charge in [-0.05, 0) is 31.9 Å². The first kappa shape index (κ1) is 18.4. The summed E-state index contributed by atoms with van der Waals surface area (Å²) in [5.41, 5.74) is 5.01. The van der Waals surface area contributed by atoms with Crippen molar-refractivity contribution in [3.63, 3.8) is 0 Å². The topological polar surface area (TPSA) is 103 Å². The molecule has 30 heavy (non-hydrogen) atoms. The Hall–Kier alpha value is -3.62. The Balaban J connectivity index is 1.46. The van der Waals surface area contributed by atoms with Crippen molar-refractivity contribution in [3.05, 3.63) is 59.4 Å². The minimum absolute atomic E-state index is 0.0713. The average molecular weight is 402 g/mol. The zero-order valence-corrected chi connectivity index (χ0v) is 17.3. The van der Waals surface area contributed by atoms with Crippen LogP contribution in [0.15, 0.2) is 36.9 Å². The molecule has 1 aliphatic rings. The summed E-state index contributed by atoms with van der Waals surface area (Å²) in [4.78, 5) is 23.6. The second-order valence-electron chi connectivity index (χ2n) is 8.43. The number of nitrogens with zero attached hydrogens (tertiary/aromatic N) is 7. The van der Waals surface area contributed by atoms with Crippen LogP contribution in [0.2, 0.25) is 0 Å². The van der Waals surface area contributed by atoms with Crippen LogP contribution in [0.1, 0.15) is 48.7 Å². The normalized spacial score (nSPS) is 17.3. The molecule has 0 spiro atoms. The summed E-state index contributed by atoms with van der Waals surface area (Å²) in [7, 11) is 0. The maximum atomic E-state index is 13.2. The number of fused-ring (bicyclic) bond motifs is 3. The molecular formula is C21H22N8O. The van der Waals surface area contributed by atoms with E-state index in [1.54, 1.807) is 18.6 Å². The van der Waals surface area contributed by atoms with E-state index >= 15 is 0 Å². The second-order valence-corrected chi connectivity index (χ2v) is 8.43. The van der Waals surface area contributed by atoms with Gasteiger partial charge >= 0.3 is 0 Å². The van der Waals surface area contributed by atoms with Crippen molar-refractivity contribution >= 4 is 17.2 Å². The van der Waals surface area contributed by atoms with Gasteiger partial charge in [-0.25, -0.2) is 14.5 Å². The Morgan fingerprint density at radius 1 is 1.13 bits per heavy atom. The second kappa shape index (κ2) is 6.45. The number of carbonyl (C=O) groups excluding carboxylic acids is 1. The maximum absolute atomic E-state index is 13.2. The van der Waals surface area contributed by atoms with Gasteiger partial charge in [-0.2, -0.15) is 15.3 Å². The Morgan fingerprint density at radius 3 is 2.63 bits per heavy atom. The molecule has 0 aliphatic heterocycles. The smallest absolute Gasteiger partial charge is 0.232 e. The molecule has 0 saturated heterocycles. The Kier molecular flexibility index (Phi) is 3.96. The number of anilines is 1. The molecule has 4 heterocycles. The van der Waals surface area contributed by atoms with Crippen LogP contribution in [0.25, 0.3) is 11.5 Å². The Labute approximate surface area is 173 Å². The van der Waals surface area contributed by atoms with Gasteiger partial charge in [-0.15, -0.1) is 4.80 Å². The molecule has 9 heteroatoms. The van der Waals surface area contributed by atoms with E-state index in [1.807, 2.05) is 36.7 Å². The van der Waals surface area contributed by atoms with Crippen LogP contribution in [-0.2, 0) is 10.2 Å². The van der Waals surface area contributed by atoms with E-state index in [0.29, 0.717) is 17.9 Å². The predicted molar refractivity (Wildman–Crippen MR) is 111 cm³/mol. The number of carbonyl (C=O) groups is 1. The molecule has 5 rings (SSSR count). The van der Waals surface area contributed by atoms with Crippen molar-refractivity contribution in [1.82, 2.24) is 34.6 Å². The highest BCUT2D eigenvalue weighted by Crippen LogP contribution is 2.45. The highest BCUT2D eigenvalue weighted by Gasteiger charge is 2.43. The van der Waals surface area contributed by atoms with E-state index in [-0.39, 0.29) is 17.2 Å². The highest BCUT2D eigenvalue weighted by molar-refractivity contribution is 5.96. The minimum Gasteiger partial charge on any atom is -0.324 e. The molecule has 152 valence electrons. The van der Waals surface area contributed by atoms with E-state index in [1.165, 1.54) is 4.80 Å². The highest BCUT2D eigenvalue weighted by atomic mass is 16.1. The lowest BCUT2D eigenvalue weighted by Crippen LogP contribution is -2.22. The summed E-state index contributed by atoms with van der Waals surface area (Å²) >= 11 is 0. The van der Waals surface area contributed by atoms with Crippen LogP contribution in [-0.4, -0.2) is 40.5 Å². The van der Waals surface area contributed by atoms with Gasteiger partial charge in [-0.3, -0.25) is 4.79 Å². The molecule has 1 atom stereocenters. The Morgan fingerprint density at radius 2 is 1.90 bits per heavy atom. The first-order valence-corrected chi connectivity index (χ1v) is 9.83. The van der Waals surface area contributed by atoms with E-state index < -0.39 is 0 Å². The molecule has 0 saturated carbocycles. The summed E-state index contributed by atoms with van der Waals surface area (Å²) in [6.07, 6.45) is 7.34. The zero-order chi connectivity index (χ0) is 21.0. The summed E-state index contributed by atoms with van der Waals surface area (Å²) in [5.74, 6) is 0.258. The van der Waals surface area contributed by atoms with Crippen molar-refractivity contribution in [3.8, 4) is 5.82 Å². The molecule has 4 aromatic rings. The standard InChI is InChI=1S/C21H22N8O/c1-12-7-14(10-23-19(12)29-24-5-6-25-29)26-20(30)15-9-21(3,4)18-16(15)11-22-17-8-13(2)27-28(17)18/h5-8,10-11,15H,9H2,1-4H3,(H,26,30)/t15-/m0/s1. The van der Waals surface area contributed by atoms with Gasteiger partial charge in [0.1, 0.15) is 0 Å². The van der Waals surface area contributed by atoms with E-state index in [9.17, 15) is 4.79 Å². The molecule has 0 fully saturated rings. The molecule has 0 unspecified atom stereocenters. The van der Waals surface area contributed by atoms with Crippen molar-refractivity contribution in [2.24, 2.45) is 0 Å². The van der Waals surface area contributed by atoms with Gasteiger partial charge < -0.3 is 5.32 Å². The van der Waals surface area contributed by atoms with Gasteiger partial charge in [0.2, 0.25) is 5.91 Å². The number of rotatable bonds is 3. The average Bonchev–Trinajstić information content (AvgIpc) is 3.39. The third-order valence-corrected chi connectivity index (χ3v) is 5.61. The number of nitrogens with one attached hydrogen (secondary N) is 1. The molecular weight excluding hydrogens is 380 g/mol. The number of hydrogen-bond donors (Lipinski definition) is 1. The van der Waals surface area contributed by atoms with Gasteiger partial charge in [0, 0.05) is 23.2 Å². The molecule has 9 nitrogen and oxygen atoms in total. The SMILES string of the molecule is Cc1cc2ncc3c(n2n1)C(C)(C)C[C@@H]3C(=O)Nc1cnc(-n2nccn2)c(C)c1. The molecule has 1 aliphatic carbocycles. The fraction of sp³-hybridized carbons (Fsp3) is 0.333. The maximum Gasteiger partial charge on any atom is 0.232 e. The zero-order valence-electron chi connectivity index (χ0n) is 17.3. The lowest BCUT2D eigenvalue weighted by Gasteiger charge is -2.19. The van der Waals surface area contributed by atoms with E-state index in [0.717, 1.165) is 28.2 Å². The van der Waals surface area contributed by atoms with Crippen LogP contribution in [0, 0.1) is 13.8 Å². The third kappa shape index (κ3) is 2.85. The van der Waals surface area contributed by atoms with Crippen LogP contribution < -0.4 is 5.32 Å². The van der Waals surface area contributed by atoms with Crippen LogP contribution in [0.5, 0.6) is 0 Å². The monoisotopic (exact) mass is 402 g/mol. The van der Waals surface area contributed by atoms with Crippen molar-refractivity contribution < 1.29 is 4.79 Å². The van der Waals surface area contributed by atoms with E-state index in [4.69, 9.17) is 0 Å². The summed E-state index contributed by atoms with van der Waals surface area (Å²) < 4.78 is 1.88. The number of aryl methyl sites for hydroxylation is 2. The number of hydrogen-bond acceptors (Lipinski definition) is 6. The first-order valence-electron chi connectivity index (χ1n) is 9.83. The van der Waals surface area contributed by atoms with Gasteiger partial charge in [-0.1, -0.05) is 13.8 Å². The van der Waals surface area contributed by atoms with E-state index in [2.05, 4.69) is 44.4 Å². The lowest BCUT2D eigenvalue weighted by atomic mass is 9.88. The lowest BCUT2D eigenvalue weighted by molar-refractivity contribution is -0.117. The van der Waals surface area contributed by atoms with Crippen LogP contribution in [0.4, 0.5) is 5.69 Å². The summed E-state index contributed by atoms with van der Waals surface area (Å²) in [6.45, 7) is 8.15. The number of amides is 1.